The quantitative estimate of drug-likeness (QED) is 0.752. The summed E-state index contributed by atoms with van der Waals surface area (Å²) in [5, 5.41) is 0. The molecule has 0 aliphatic carbocycles. The van der Waals surface area contributed by atoms with E-state index in [0.29, 0.717) is 18.9 Å². The van der Waals surface area contributed by atoms with Crippen molar-refractivity contribution in [2.75, 3.05) is 20.8 Å². The molecule has 2 unspecified atom stereocenters. The van der Waals surface area contributed by atoms with E-state index in [-0.39, 0.29) is 29.4 Å². The van der Waals surface area contributed by atoms with Gasteiger partial charge in [0.05, 0.1) is 32.4 Å². The van der Waals surface area contributed by atoms with Gasteiger partial charge in [-0.15, -0.1) is 0 Å². The van der Waals surface area contributed by atoms with Crippen LogP contribution in [0.1, 0.15) is 30.3 Å². The molecule has 0 saturated carbocycles. The van der Waals surface area contributed by atoms with Crippen LogP contribution in [0.5, 0.6) is 11.8 Å². The van der Waals surface area contributed by atoms with Crippen LogP contribution in [0.2, 0.25) is 0 Å². The first-order valence-corrected chi connectivity index (χ1v) is 6.32. The van der Waals surface area contributed by atoms with Gasteiger partial charge in [-0.25, -0.2) is 4.98 Å². The summed E-state index contributed by atoms with van der Waals surface area (Å²) in [6, 6.07) is 0. The Morgan fingerprint density at radius 1 is 1.47 bits per heavy atom. The Balaban J connectivity index is 2.28. The number of ether oxygens (including phenoxy) is 3. The van der Waals surface area contributed by atoms with Gasteiger partial charge in [0.25, 0.3) is 0 Å². The number of nitrogens with zero attached hydrogens (tertiary/aromatic N) is 2. The van der Waals surface area contributed by atoms with Crippen LogP contribution in [0.3, 0.4) is 0 Å². The van der Waals surface area contributed by atoms with E-state index in [9.17, 15) is 4.79 Å². The van der Waals surface area contributed by atoms with Gasteiger partial charge in [0, 0.05) is 6.61 Å². The summed E-state index contributed by atoms with van der Waals surface area (Å²) in [4.78, 5) is 20.7. The van der Waals surface area contributed by atoms with Crippen molar-refractivity contribution in [2.24, 2.45) is 5.92 Å². The Kier molecular flexibility index (Phi) is 4.31. The number of hydrogen-bond donors (Lipinski definition) is 0. The van der Waals surface area contributed by atoms with E-state index in [4.69, 9.17) is 14.2 Å². The van der Waals surface area contributed by atoms with E-state index >= 15 is 0 Å². The minimum absolute atomic E-state index is 0.0406. The zero-order valence-corrected chi connectivity index (χ0v) is 11.4. The lowest BCUT2D eigenvalue weighted by Gasteiger charge is -2.16. The van der Waals surface area contributed by atoms with Gasteiger partial charge in [0.2, 0.25) is 11.8 Å². The molecule has 1 saturated heterocycles. The molecule has 2 rings (SSSR count). The predicted molar refractivity (Wildman–Crippen MR) is 67.6 cm³/mol. The first kappa shape index (κ1) is 13.7. The number of Topliss-reactive ketones (excluding diaryl/α,β-unsaturated/α-hetero) is 1. The third-order valence-electron chi connectivity index (χ3n) is 3.30. The maximum absolute atomic E-state index is 12.5. The molecule has 0 radical (unpaired) electrons. The molecular weight excluding hydrogens is 248 g/mol. The van der Waals surface area contributed by atoms with Crippen molar-refractivity contribution >= 4 is 5.78 Å². The SMILES string of the molecule is CCC1OCCC1C(=O)c1ncc(OC)nc1OC. The molecule has 0 amide bonds. The molecule has 1 aromatic heterocycles. The molecule has 0 aromatic carbocycles. The fourth-order valence-electron chi connectivity index (χ4n) is 2.29. The van der Waals surface area contributed by atoms with Crippen LogP contribution in [0.4, 0.5) is 0 Å². The highest BCUT2D eigenvalue weighted by atomic mass is 16.5. The molecule has 2 heterocycles. The first-order chi connectivity index (χ1) is 9.21. The van der Waals surface area contributed by atoms with Crippen LogP contribution in [-0.4, -0.2) is 42.7 Å². The van der Waals surface area contributed by atoms with Crippen LogP contribution in [0.15, 0.2) is 6.20 Å². The Bertz CT molecular complexity index is 464. The first-order valence-electron chi connectivity index (χ1n) is 6.32. The number of ketones is 1. The summed E-state index contributed by atoms with van der Waals surface area (Å²) in [6.45, 7) is 2.62. The number of carbonyl (C=O) groups is 1. The molecule has 1 fully saturated rings. The van der Waals surface area contributed by atoms with Crippen molar-refractivity contribution in [3.05, 3.63) is 11.9 Å². The van der Waals surface area contributed by atoms with Gasteiger partial charge >= 0.3 is 0 Å². The summed E-state index contributed by atoms with van der Waals surface area (Å²) >= 11 is 0. The zero-order chi connectivity index (χ0) is 13.8. The molecule has 0 bridgehead atoms. The fraction of sp³-hybridized carbons (Fsp3) is 0.615. The summed E-state index contributed by atoms with van der Waals surface area (Å²) in [7, 11) is 2.95. The van der Waals surface area contributed by atoms with Gasteiger partial charge in [0.15, 0.2) is 11.5 Å². The lowest BCUT2D eigenvalue weighted by atomic mass is 9.93. The highest BCUT2D eigenvalue weighted by Crippen LogP contribution is 2.29. The molecular formula is C13H18N2O4. The minimum atomic E-state index is -0.165. The topological polar surface area (TPSA) is 70.5 Å². The molecule has 104 valence electrons. The number of hydrogen-bond acceptors (Lipinski definition) is 6. The van der Waals surface area contributed by atoms with Crippen molar-refractivity contribution in [2.45, 2.75) is 25.9 Å². The molecule has 6 heteroatoms. The monoisotopic (exact) mass is 266 g/mol. The Labute approximate surface area is 112 Å². The summed E-state index contributed by atoms with van der Waals surface area (Å²) < 4.78 is 15.6. The second-order valence-electron chi connectivity index (χ2n) is 4.35. The highest BCUT2D eigenvalue weighted by Gasteiger charge is 2.35. The number of methoxy groups -OCH3 is 2. The van der Waals surface area contributed by atoms with Crippen LogP contribution in [-0.2, 0) is 4.74 Å². The molecule has 1 aliphatic rings. The predicted octanol–water partition coefficient (Wildman–Crippen LogP) is 1.49. The molecule has 0 N–H and O–H groups in total. The third-order valence-corrected chi connectivity index (χ3v) is 3.30. The van der Waals surface area contributed by atoms with Crippen LogP contribution < -0.4 is 9.47 Å². The van der Waals surface area contributed by atoms with Gasteiger partial charge in [-0.3, -0.25) is 4.79 Å². The average Bonchev–Trinajstić information content (AvgIpc) is 2.94. The molecule has 1 aliphatic heterocycles. The van der Waals surface area contributed by atoms with E-state index in [1.165, 1.54) is 20.4 Å². The number of aromatic nitrogens is 2. The summed E-state index contributed by atoms with van der Waals surface area (Å²) in [5.74, 6) is 0.284. The Morgan fingerprint density at radius 2 is 2.26 bits per heavy atom. The van der Waals surface area contributed by atoms with Crippen LogP contribution >= 0.6 is 0 Å². The van der Waals surface area contributed by atoms with Gasteiger partial charge in [-0.2, -0.15) is 4.98 Å². The van der Waals surface area contributed by atoms with Gasteiger partial charge in [-0.05, 0) is 12.8 Å². The third kappa shape index (κ3) is 2.68. The minimum Gasteiger partial charge on any atom is -0.480 e. The van der Waals surface area contributed by atoms with E-state index in [1.54, 1.807) is 0 Å². The van der Waals surface area contributed by atoms with E-state index in [2.05, 4.69) is 9.97 Å². The largest absolute Gasteiger partial charge is 0.480 e. The second kappa shape index (κ2) is 5.97. The van der Waals surface area contributed by atoms with Crippen molar-refractivity contribution in [1.82, 2.24) is 9.97 Å². The van der Waals surface area contributed by atoms with Gasteiger partial charge < -0.3 is 14.2 Å². The van der Waals surface area contributed by atoms with E-state index < -0.39 is 0 Å². The van der Waals surface area contributed by atoms with Gasteiger partial charge in [0.1, 0.15) is 0 Å². The van der Waals surface area contributed by atoms with Crippen molar-refractivity contribution in [3.8, 4) is 11.8 Å². The van der Waals surface area contributed by atoms with E-state index in [0.717, 1.165) is 6.42 Å². The maximum atomic E-state index is 12.5. The number of carbonyl (C=O) groups excluding carboxylic acids is 1. The van der Waals surface area contributed by atoms with Crippen LogP contribution in [0, 0.1) is 5.92 Å². The normalized spacial score (nSPS) is 22.3. The fourth-order valence-corrected chi connectivity index (χ4v) is 2.29. The maximum Gasteiger partial charge on any atom is 0.246 e. The van der Waals surface area contributed by atoms with Gasteiger partial charge in [-0.1, -0.05) is 6.92 Å². The summed E-state index contributed by atoms with van der Waals surface area (Å²) in [5.41, 5.74) is 0.247. The van der Waals surface area contributed by atoms with Crippen molar-refractivity contribution < 1.29 is 19.0 Å². The standard InChI is InChI=1S/C13H18N2O4/c1-4-9-8(5-6-19-9)12(16)11-13(18-3)15-10(17-2)7-14-11/h7-9H,4-6H2,1-3H3. The van der Waals surface area contributed by atoms with Crippen molar-refractivity contribution in [3.63, 3.8) is 0 Å². The Hall–Kier alpha value is -1.69. The van der Waals surface area contributed by atoms with E-state index in [1.807, 2.05) is 6.92 Å². The Morgan fingerprint density at radius 3 is 2.89 bits per heavy atom. The molecule has 1 aromatic rings. The zero-order valence-electron chi connectivity index (χ0n) is 11.4. The highest BCUT2D eigenvalue weighted by molar-refractivity contribution is 5.98. The average molecular weight is 266 g/mol. The summed E-state index contributed by atoms with van der Waals surface area (Å²) in [6.07, 6.45) is 2.91. The molecule has 2 atom stereocenters. The van der Waals surface area contributed by atoms with Crippen LogP contribution in [0.25, 0.3) is 0 Å². The molecule has 6 nitrogen and oxygen atoms in total. The number of rotatable bonds is 5. The lowest BCUT2D eigenvalue weighted by molar-refractivity contribution is 0.0682. The smallest absolute Gasteiger partial charge is 0.246 e. The molecule has 19 heavy (non-hydrogen) atoms. The second-order valence-corrected chi connectivity index (χ2v) is 4.35. The lowest BCUT2D eigenvalue weighted by Crippen LogP contribution is -2.25. The van der Waals surface area contributed by atoms with Crippen molar-refractivity contribution in [1.29, 1.82) is 0 Å². The molecule has 0 spiro atoms.